The molecule has 4 aromatic carbocycles. The fourth-order valence-corrected chi connectivity index (χ4v) is 9.46. The molecule has 0 amide bonds. The Hall–Kier alpha value is -5.27. The van der Waals surface area contributed by atoms with Gasteiger partial charge in [0.25, 0.3) is 0 Å². The van der Waals surface area contributed by atoms with Gasteiger partial charge in [-0.1, -0.05) is 116 Å². The lowest BCUT2D eigenvalue weighted by atomic mass is 9.69. The average molecular weight is 957 g/mol. The van der Waals surface area contributed by atoms with Crippen LogP contribution in [0, 0.1) is 38.5 Å². The van der Waals surface area contributed by atoms with Crippen molar-refractivity contribution in [2.24, 2.45) is 10.8 Å². The number of aryl methyl sites for hydroxylation is 4. The summed E-state index contributed by atoms with van der Waals surface area (Å²) in [5.41, 5.74) is 11.6. The predicted octanol–water partition coefficient (Wildman–Crippen LogP) is 16.0. The number of aliphatic hydroxyl groups is 1. The van der Waals surface area contributed by atoms with E-state index in [-0.39, 0.29) is 28.7 Å². The molecular weight excluding hydrogens is 869 g/mol. The molecule has 4 aromatic rings. The monoisotopic (exact) mass is 957 g/mol. The Kier molecular flexibility index (Phi) is 20.8. The molecule has 0 aliphatic carbocycles. The topological polar surface area (TPSA) is 99.1 Å². The Labute approximate surface area is 423 Å². The van der Waals surface area contributed by atoms with Gasteiger partial charge in [0.05, 0.1) is 23.5 Å². The highest BCUT2D eigenvalue weighted by Crippen LogP contribution is 2.44. The van der Waals surface area contributed by atoms with Crippen LogP contribution in [-0.2, 0) is 30.0 Å². The minimum absolute atomic E-state index is 0.135. The van der Waals surface area contributed by atoms with Crippen molar-refractivity contribution >= 4 is 29.1 Å². The Bertz CT molecular complexity index is 2490. The number of ether oxygens (including phenoxy) is 3. The van der Waals surface area contributed by atoms with E-state index in [0.717, 1.165) is 66.4 Å². The van der Waals surface area contributed by atoms with E-state index in [4.69, 9.17) is 14.2 Å². The van der Waals surface area contributed by atoms with Gasteiger partial charge in [-0.25, -0.2) is 4.79 Å². The van der Waals surface area contributed by atoms with Crippen molar-refractivity contribution in [1.82, 2.24) is 0 Å². The summed E-state index contributed by atoms with van der Waals surface area (Å²) in [5, 5.41) is 10.9. The van der Waals surface area contributed by atoms with Gasteiger partial charge in [0.15, 0.2) is 0 Å². The minimum atomic E-state index is -0.761. The minimum Gasteiger partial charge on any atom is -0.466 e. The zero-order valence-corrected chi connectivity index (χ0v) is 46.6. The van der Waals surface area contributed by atoms with E-state index < -0.39 is 16.4 Å². The quantitative estimate of drug-likeness (QED) is 0.0602. The summed E-state index contributed by atoms with van der Waals surface area (Å²) in [5.74, 6) is 0.443. The molecule has 0 unspecified atom stereocenters. The molecule has 0 aliphatic rings. The van der Waals surface area contributed by atoms with Crippen LogP contribution in [0.2, 0.25) is 0 Å². The lowest BCUT2D eigenvalue weighted by molar-refractivity contribution is -0.143. The van der Waals surface area contributed by atoms with Crippen LogP contribution in [0.3, 0.4) is 0 Å². The molecule has 0 aliphatic heterocycles. The number of esters is 3. The number of hydrogen-bond acceptors (Lipinski definition) is 7. The summed E-state index contributed by atoms with van der Waals surface area (Å²) >= 11 is 0. The number of carbonyl (C=O) groups is 3. The van der Waals surface area contributed by atoms with Crippen LogP contribution in [0.25, 0.3) is 11.1 Å². The molecule has 7 heteroatoms. The number of carbonyl (C=O) groups excluding carboxylic acids is 3. The van der Waals surface area contributed by atoms with E-state index >= 15 is 0 Å². The van der Waals surface area contributed by atoms with Gasteiger partial charge in [-0.15, -0.1) is 0 Å². The molecule has 0 heterocycles. The summed E-state index contributed by atoms with van der Waals surface area (Å²) in [4.78, 5) is 36.6. The van der Waals surface area contributed by atoms with Gasteiger partial charge in [0.1, 0.15) is 11.5 Å². The molecule has 1 N–H and O–H groups in total. The van der Waals surface area contributed by atoms with Crippen LogP contribution >= 0.6 is 0 Å². The van der Waals surface area contributed by atoms with Gasteiger partial charge in [-0.2, -0.15) is 0 Å². The van der Waals surface area contributed by atoms with Gasteiger partial charge in [-0.3, -0.25) is 9.59 Å². The number of rotatable bonds is 18. The summed E-state index contributed by atoms with van der Waals surface area (Å²) in [6.07, 6.45) is 10.5. The first-order valence-corrected chi connectivity index (χ1v) is 25.9. The first-order valence-electron chi connectivity index (χ1n) is 25.9. The second-order valence-electron chi connectivity index (χ2n) is 21.3. The van der Waals surface area contributed by atoms with Gasteiger partial charge in [0.2, 0.25) is 0 Å². The SMILES string of the molecule is CC/C(=C\C(=O)OC)c1ccc(C(CC)(CC)c2ccc(OC(=O)C(C)(C)C)c(C)c2)cc1C.CC/C(=C\C(O)(CC)CC)c1ccc(C(CC)(CC)c2ccc(OC(=O)C(C)(C)C)c(C)c2)cc1C. The molecule has 0 atom stereocenters. The molecular formula is C63H88O7. The van der Waals surface area contributed by atoms with Crippen molar-refractivity contribution in [1.29, 1.82) is 0 Å². The smallest absolute Gasteiger partial charge is 0.330 e. The number of hydrogen-bond donors (Lipinski definition) is 1. The summed E-state index contributed by atoms with van der Waals surface area (Å²) in [6, 6.07) is 25.8. The first kappa shape index (κ1) is 59.0. The maximum atomic E-state index is 12.4. The Morgan fingerprint density at radius 1 is 0.486 bits per heavy atom. The Balaban J connectivity index is 0.000000371. The molecule has 0 saturated heterocycles. The molecule has 70 heavy (non-hydrogen) atoms. The molecule has 0 aromatic heterocycles. The van der Waals surface area contributed by atoms with Crippen molar-refractivity contribution in [3.05, 3.63) is 141 Å². The van der Waals surface area contributed by atoms with Crippen molar-refractivity contribution in [3.8, 4) is 11.5 Å². The lowest BCUT2D eigenvalue weighted by Gasteiger charge is -2.34. The van der Waals surface area contributed by atoms with E-state index in [9.17, 15) is 19.5 Å². The average Bonchev–Trinajstić information content (AvgIpc) is 3.32. The second-order valence-corrected chi connectivity index (χ2v) is 21.3. The van der Waals surface area contributed by atoms with Crippen molar-refractivity contribution < 1.29 is 33.7 Å². The third-order valence-corrected chi connectivity index (χ3v) is 14.7. The van der Waals surface area contributed by atoms with Crippen LogP contribution in [0.15, 0.2) is 84.9 Å². The third-order valence-electron chi connectivity index (χ3n) is 14.7. The zero-order valence-electron chi connectivity index (χ0n) is 46.6. The molecule has 0 saturated carbocycles. The Morgan fingerprint density at radius 2 is 0.814 bits per heavy atom. The van der Waals surface area contributed by atoms with Crippen LogP contribution in [0.4, 0.5) is 0 Å². The van der Waals surface area contributed by atoms with E-state index in [0.29, 0.717) is 24.3 Å². The van der Waals surface area contributed by atoms with Gasteiger partial charge in [0, 0.05) is 16.9 Å². The summed E-state index contributed by atoms with van der Waals surface area (Å²) in [6.45, 7) is 36.6. The standard InChI is InChI=1S/C33H48O3.C30H40O4/c1-11-25(22-32(35,12-2)13-3)28-18-16-26(20-23(28)6)33(14-4,15-5)27-17-19-29(24(7)21-27)36-30(34)31(8,9)10;1-10-22(19-27(31)33-9)25-15-13-23(17-20(25)4)30(11-2,12-3)24-14-16-26(21(5)18-24)34-28(32)29(6,7)8/h16-22,35H,11-15H2,1-10H3;13-19H,10-12H2,1-9H3/b25-22+;22-19+. The predicted molar refractivity (Wildman–Crippen MR) is 292 cm³/mol. The summed E-state index contributed by atoms with van der Waals surface area (Å²) < 4.78 is 16.2. The Morgan fingerprint density at radius 3 is 1.09 bits per heavy atom. The largest absolute Gasteiger partial charge is 0.466 e. The molecule has 0 spiro atoms. The summed E-state index contributed by atoms with van der Waals surface area (Å²) in [7, 11) is 1.40. The first-order chi connectivity index (χ1) is 32.7. The van der Waals surface area contributed by atoms with E-state index in [1.165, 1.54) is 46.1 Å². The van der Waals surface area contributed by atoms with Crippen molar-refractivity contribution in [2.75, 3.05) is 7.11 Å². The highest BCUT2D eigenvalue weighted by atomic mass is 16.5. The van der Waals surface area contributed by atoms with E-state index in [2.05, 4.69) is 115 Å². The number of allylic oxidation sites excluding steroid dienone is 2. The highest BCUT2D eigenvalue weighted by Gasteiger charge is 2.34. The molecule has 7 nitrogen and oxygen atoms in total. The van der Waals surface area contributed by atoms with E-state index in [1.807, 2.05) is 88.3 Å². The third kappa shape index (κ3) is 13.8. The molecule has 0 fully saturated rings. The van der Waals surface area contributed by atoms with Gasteiger partial charge >= 0.3 is 17.9 Å². The fraction of sp³-hybridized carbons (Fsp3) is 0.508. The molecule has 4 rings (SSSR count). The number of methoxy groups -OCH3 is 1. The van der Waals surface area contributed by atoms with Crippen LogP contribution in [0.1, 0.15) is 204 Å². The van der Waals surface area contributed by atoms with Crippen LogP contribution < -0.4 is 9.47 Å². The van der Waals surface area contributed by atoms with Crippen LogP contribution in [0.5, 0.6) is 11.5 Å². The highest BCUT2D eigenvalue weighted by molar-refractivity contribution is 5.91. The maximum absolute atomic E-state index is 12.4. The maximum Gasteiger partial charge on any atom is 0.330 e. The molecule has 382 valence electrons. The second kappa shape index (κ2) is 24.7. The zero-order chi connectivity index (χ0) is 53.0. The van der Waals surface area contributed by atoms with Crippen molar-refractivity contribution in [3.63, 3.8) is 0 Å². The normalized spacial score (nSPS) is 12.8. The lowest BCUT2D eigenvalue weighted by Crippen LogP contribution is -2.27. The van der Waals surface area contributed by atoms with E-state index in [1.54, 1.807) is 6.08 Å². The fourth-order valence-electron chi connectivity index (χ4n) is 9.46. The van der Waals surface area contributed by atoms with Crippen LogP contribution in [-0.4, -0.2) is 35.7 Å². The van der Waals surface area contributed by atoms with Gasteiger partial charge < -0.3 is 19.3 Å². The number of benzene rings is 4. The molecule has 0 bridgehead atoms. The van der Waals surface area contributed by atoms with Crippen molar-refractivity contribution in [2.45, 2.75) is 192 Å². The van der Waals surface area contributed by atoms with Gasteiger partial charge in [-0.05, 0) is 206 Å². The molecule has 0 radical (unpaired) electrons.